The van der Waals surface area contributed by atoms with Crippen LogP contribution in [0.4, 0.5) is 45.5 Å². The fraction of sp³-hybridized carbons (Fsp3) is 0.455. The maximum Gasteiger partial charge on any atom is 0.252 e. The number of hydrogen-bond acceptors (Lipinski definition) is 3. The van der Waals surface area contributed by atoms with E-state index in [-0.39, 0.29) is 55.6 Å². The van der Waals surface area contributed by atoms with Gasteiger partial charge in [-0.2, -0.15) is 0 Å². The van der Waals surface area contributed by atoms with Gasteiger partial charge in [0, 0.05) is 56.3 Å². The minimum absolute atomic E-state index is 0.000937. The number of benzene rings is 7. The lowest BCUT2D eigenvalue weighted by Gasteiger charge is -2.51. The van der Waals surface area contributed by atoms with Gasteiger partial charge in [-0.3, -0.25) is 0 Å². The van der Waals surface area contributed by atoms with Crippen molar-refractivity contribution in [1.82, 2.24) is 0 Å². The minimum atomic E-state index is -0.143. The average Bonchev–Trinajstić information content (AvgIpc) is 2.02. The van der Waals surface area contributed by atoms with Crippen LogP contribution in [-0.4, -0.2) is 12.3 Å². The Bertz CT molecular complexity index is 3850. The summed E-state index contributed by atoms with van der Waals surface area (Å²) in [6, 6.07) is 50.5. The van der Waals surface area contributed by atoms with E-state index in [0.29, 0.717) is 0 Å². The van der Waals surface area contributed by atoms with Crippen molar-refractivity contribution in [3.63, 3.8) is 0 Å². The van der Waals surface area contributed by atoms with Crippen LogP contribution in [0.3, 0.4) is 0 Å². The van der Waals surface area contributed by atoms with Crippen molar-refractivity contribution in [2.75, 3.05) is 14.7 Å². The molecule has 0 bridgehead atoms. The lowest BCUT2D eigenvalue weighted by Crippen LogP contribution is -2.62. The summed E-state index contributed by atoms with van der Waals surface area (Å²) in [4.78, 5) is 8.31. The Labute approximate surface area is 488 Å². The summed E-state index contributed by atoms with van der Waals surface area (Å²) >= 11 is 0. The number of anilines is 8. The summed E-state index contributed by atoms with van der Waals surface area (Å²) < 4.78 is 0. The zero-order chi connectivity index (χ0) is 57.3. The molecular formula is C77H90BN3. The van der Waals surface area contributed by atoms with Crippen molar-refractivity contribution in [3.8, 4) is 11.1 Å². The highest BCUT2D eigenvalue weighted by molar-refractivity contribution is 7.00. The summed E-state index contributed by atoms with van der Waals surface area (Å²) in [5.74, 6) is 0. The fourth-order valence-electron chi connectivity index (χ4n) is 17.3. The highest BCUT2D eigenvalue weighted by atomic mass is 15.3. The molecule has 0 spiro atoms. The molecule has 4 heteroatoms. The number of para-hydroxylation sites is 1. The van der Waals surface area contributed by atoms with Crippen molar-refractivity contribution >= 4 is 68.6 Å². The van der Waals surface area contributed by atoms with E-state index in [4.69, 9.17) is 0 Å². The monoisotopic (exact) mass is 1070 g/mol. The van der Waals surface area contributed by atoms with Crippen LogP contribution in [0.2, 0.25) is 0 Å². The second kappa shape index (κ2) is 16.6. The van der Waals surface area contributed by atoms with Crippen LogP contribution in [0.5, 0.6) is 0 Å². The first-order valence-corrected chi connectivity index (χ1v) is 31.3. The van der Waals surface area contributed by atoms with Gasteiger partial charge in [0.2, 0.25) is 0 Å². The third kappa shape index (κ3) is 7.32. The highest BCUT2D eigenvalue weighted by Crippen LogP contribution is 2.62. The fourth-order valence-corrected chi connectivity index (χ4v) is 17.3. The molecule has 3 nitrogen and oxygen atoms in total. The lowest BCUT2D eigenvalue weighted by atomic mass is 9.33. The Morgan fingerprint density at radius 2 is 0.914 bits per heavy atom. The van der Waals surface area contributed by atoms with E-state index in [9.17, 15) is 0 Å². The summed E-state index contributed by atoms with van der Waals surface area (Å²) in [5.41, 5.74) is 30.5. The van der Waals surface area contributed by atoms with Crippen LogP contribution in [-0.2, 0) is 43.3 Å². The van der Waals surface area contributed by atoms with E-state index in [1.54, 1.807) is 0 Å². The molecule has 0 aromatic heterocycles. The third-order valence-electron chi connectivity index (χ3n) is 23.0. The summed E-state index contributed by atoms with van der Waals surface area (Å²) in [5, 5.41) is 0. The Kier molecular flexibility index (Phi) is 10.9. The van der Waals surface area contributed by atoms with Crippen LogP contribution in [0.1, 0.15) is 226 Å². The molecular weight excluding hydrogens is 978 g/mol. The van der Waals surface area contributed by atoms with Crippen molar-refractivity contribution in [2.45, 2.75) is 225 Å². The Morgan fingerprint density at radius 3 is 1.56 bits per heavy atom. The Hall–Kier alpha value is -6.00. The molecule has 1 fully saturated rings. The number of rotatable bonds is 3. The molecule has 3 aliphatic heterocycles. The van der Waals surface area contributed by atoms with Crippen LogP contribution in [0.25, 0.3) is 11.1 Å². The molecule has 7 aromatic carbocycles. The maximum absolute atomic E-state index is 2.80. The largest absolute Gasteiger partial charge is 0.334 e. The molecule has 2 unspecified atom stereocenters. The molecule has 2 atom stereocenters. The molecule has 7 aliphatic rings. The van der Waals surface area contributed by atoms with E-state index in [0.717, 1.165) is 6.42 Å². The summed E-state index contributed by atoms with van der Waals surface area (Å²) in [7, 11) is 0. The highest BCUT2D eigenvalue weighted by Gasteiger charge is 2.58. The Morgan fingerprint density at radius 1 is 0.370 bits per heavy atom. The van der Waals surface area contributed by atoms with Gasteiger partial charge in [0.15, 0.2) is 0 Å². The van der Waals surface area contributed by atoms with E-state index >= 15 is 0 Å². The second-order valence-corrected chi connectivity index (χ2v) is 32.3. The molecule has 416 valence electrons. The normalized spacial score (nSPS) is 23.5. The molecule has 0 saturated heterocycles. The molecule has 1 saturated carbocycles. The van der Waals surface area contributed by atoms with Gasteiger partial charge in [0.25, 0.3) is 6.71 Å². The van der Waals surface area contributed by atoms with Crippen LogP contribution in [0.15, 0.2) is 121 Å². The van der Waals surface area contributed by atoms with Crippen molar-refractivity contribution in [2.24, 2.45) is 0 Å². The van der Waals surface area contributed by atoms with Gasteiger partial charge in [0.05, 0.1) is 5.54 Å². The summed E-state index contributed by atoms with van der Waals surface area (Å²) in [6.45, 7) is 44.4. The predicted octanol–water partition coefficient (Wildman–Crippen LogP) is 19.1. The number of hydrogen-bond donors (Lipinski definition) is 0. The maximum atomic E-state index is 2.80. The van der Waals surface area contributed by atoms with Gasteiger partial charge in [-0.25, -0.2) is 0 Å². The first kappa shape index (κ1) is 53.0. The quantitative estimate of drug-likeness (QED) is 0.163. The van der Waals surface area contributed by atoms with E-state index in [1.165, 1.54) is 168 Å². The van der Waals surface area contributed by atoms with Crippen molar-refractivity contribution in [3.05, 3.63) is 171 Å². The predicted molar refractivity (Wildman–Crippen MR) is 349 cm³/mol. The topological polar surface area (TPSA) is 9.72 Å². The van der Waals surface area contributed by atoms with Crippen molar-refractivity contribution < 1.29 is 0 Å². The Balaban J connectivity index is 1.09. The third-order valence-corrected chi connectivity index (χ3v) is 23.0. The summed E-state index contributed by atoms with van der Waals surface area (Å²) in [6.07, 6.45) is 9.60. The molecule has 0 N–H and O–H groups in total. The van der Waals surface area contributed by atoms with Gasteiger partial charge >= 0.3 is 0 Å². The van der Waals surface area contributed by atoms with Crippen LogP contribution in [0, 0.1) is 0 Å². The number of nitrogens with zero attached hydrogens (tertiary/aromatic N) is 3. The zero-order valence-electron chi connectivity index (χ0n) is 52.6. The molecule has 3 heterocycles. The van der Waals surface area contributed by atoms with Gasteiger partial charge in [-0.1, -0.05) is 191 Å². The molecule has 14 rings (SSSR count). The molecule has 0 radical (unpaired) electrons. The van der Waals surface area contributed by atoms with E-state index in [2.05, 4.69) is 261 Å². The molecule has 0 amide bonds. The van der Waals surface area contributed by atoms with Crippen LogP contribution < -0.4 is 31.1 Å². The van der Waals surface area contributed by atoms with Gasteiger partial charge < -0.3 is 14.7 Å². The van der Waals surface area contributed by atoms with Crippen LogP contribution >= 0.6 is 0 Å². The first-order chi connectivity index (χ1) is 37.9. The van der Waals surface area contributed by atoms with Gasteiger partial charge in [0.1, 0.15) is 0 Å². The minimum Gasteiger partial charge on any atom is -0.334 e. The van der Waals surface area contributed by atoms with E-state index < -0.39 is 0 Å². The van der Waals surface area contributed by atoms with Crippen molar-refractivity contribution in [1.29, 1.82) is 0 Å². The molecule has 4 aliphatic carbocycles. The standard InChI is InChI=1S/C77H90BN3/c1-69(2,3)47-25-29-52-53-42-49(26-30-54(53)75(15,16)57(52)39-47)79-64-44-51(81-63-24-20-19-23-56(63)76(17)33-21-22-34-77(76,81)18)28-32-61(64)78-62-45-59-60(74(13,14)38-37-73(59,11)12)46-65(62)80(67-41-48(70(4,5)6)40-66(79)68(67)78)50-27-31-55-58(43-50)72(9,10)36-35-71(55,7)8/h19-20,23-32,39-46H,21-22,33-38H2,1-18H3. The van der Waals surface area contributed by atoms with Gasteiger partial charge in [-0.05, 0) is 216 Å². The molecule has 7 aromatic rings. The second-order valence-electron chi connectivity index (χ2n) is 32.3. The lowest BCUT2D eigenvalue weighted by molar-refractivity contribution is 0.195. The zero-order valence-corrected chi connectivity index (χ0v) is 52.6. The van der Waals surface area contributed by atoms with E-state index in [1.807, 2.05) is 0 Å². The SMILES string of the molecule is CC(C)(C)c1cc2c3c(c1)N(c1ccc4c(c1)C(C)(C)CCC4(C)C)c1cc4c(cc1B3c1ccc(N3c5ccccc5C5(C)CCCCC35C)cc1N2c1ccc2c(c1)-c1ccc(C(C)(C)C)cc1C2(C)C)C(C)(C)CCC4(C)C. The first-order valence-electron chi connectivity index (χ1n) is 31.3. The average molecular weight is 1070 g/mol. The smallest absolute Gasteiger partial charge is 0.252 e. The van der Waals surface area contributed by atoms with Gasteiger partial charge in [-0.15, -0.1) is 0 Å². The number of fused-ring (bicyclic) bond motifs is 12. The molecule has 81 heavy (non-hydrogen) atoms.